The Morgan fingerprint density at radius 1 is 1.36 bits per heavy atom. The fourth-order valence-corrected chi connectivity index (χ4v) is 3.32. The summed E-state index contributed by atoms with van der Waals surface area (Å²) in [6.07, 6.45) is 9.04. The van der Waals surface area contributed by atoms with Crippen molar-refractivity contribution in [2.75, 3.05) is 0 Å². The van der Waals surface area contributed by atoms with Crippen molar-refractivity contribution in [2.45, 2.75) is 25.7 Å². The first-order valence-electron chi connectivity index (χ1n) is 4.57. The Morgan fingerprint density at radius 2 is 2.27 bits per heavy atom. The van der Waals surface area contributed by atoms with Crippen molar-refractivity contribution in [3.63, 3.8) is 0 Å². The van der Waals surface area contributed by atoms with Gasteiger partial charge in [0, 0.05) is 5.41 Å². The lowest BCUT2D eigenvalue weighted by Gasteiger charge is -2.43. The van der Waals surface area contributed by atoms with E-state index in [1.165, 1.54) is 25.7 Å². The van der Waals surface area contributed by atoms with Gasteiger partial charge in [-0.05, 0) is 43.6 Å². The van der Waals surface area contributed by atoms with Gasteiger partial charge in [0.25, 0.3) is 0 Å². The van der Waals surface area contributed by atoms with Gasteiger partial charge in [0.05, 0.1) is 0 Å². The molecule has 0 aromatic carbocycles. The predicted octanol–water partition coefficient (Wildman–Crippen LogP) is 1.93. The quantitative estimate of drug-likeness (QED) is 0.513. The van der Waals surface area contributed by atoms with Crippen molar-refractivity contribution < 1.29 is 4.79 Å². The van der Waals surface area contributed by atoms with Gasteiger partial charge in [-0.2, -0.15) is 0 Å². The van der Waals surface area contributed by atoms with E-state index < -0.39 is 0 Å². The largest absolute Gasteiger partial charge is 0.294 e. The fourth-order valence-electron chi connectivity index (χ4n) is 3.32. The monoisotopic (exact) mass is 148 g/mol. The molecule has 0 aliphatic heterocycles. The van der Waals surface area contributed by atoms with Crippen LogP contribution in [0.25, 0.3) is 0 Å². The highest BCUT2D eigenvalue weighted by molar-refractivity contribution is 5.99. The molecule has 1 spiro atoms. The molecule has 0 radical (unpaired) electrons. The summed E-state index contributed by atoms with van der Waals surface area (Å²) in [6.45, 7) is 0. The molecule has 11 heavy (non-hydrogen) atoms. The third-order valence-corrected chi connectivity index (χ3v) is 4.06. The van der Waals surface area contributed by atoms with Crippen LogP contribution in [0.5, 0.6) is 0 Å². The van der Waals surface area contributed by atoms with E-state index in [0.29, 0.717) is 11.7 Å². The number of allylic oxidation sites excluding steroid dienone is 2. The fraction of sp³-hybridized carbons (Fsp3) is 0.700. The summed E-state index contributed by atoms with van der Waals surface area (Å²) in [5, 5.41) is 0. The van der Waals surface area contributed by atoms with Crippen molar-refractivity contribution in [3.05, 3.63) is 12.2 Å². The lowest BCUT2D eigenvalue weighted by Crippen LogP contribution is -2.43. The minimum atomic E-state index is 0.153. The van der Waals surface area contributed by atoms with Crippen LogP contribution in [-0.2, 0) is 4.79 Å². The zero-order valence-corrected chi connectivity index (χ0v) is 6.55. The van der Waals surface area contributed by atoms with Gasteiger partial charge in [-0.15, -0.1) is 0 Å². The Hall–Kier alpha value is -0.590. The first-order chi connectivity index (χ1) is 5.34. The van der Waals surface area contributed by atoms with Gasteiger partial charge in [-0.3, -0.25) is 4.79 Å². The molecule has 0 aromatic heterocycles. The van der Waals surface area contributed by atoms with E-state index in [9.17, 15) is 4.79 Å². The minimum Gasteiger partial charge on any atom is -0.294 e. The zero-order valence-electron chi connectivity index (χ0n) is 6.55. The molecule has 1 heteroatoms. The number of ketones is 1. The highest BCUT2D eigenvalue weighted by Gasteiger charge is 2.60. The molecule has 0 heterocycles. The van der Waals surface area contributed by atoms with Crippen molar-refractivity contribution >= 4 is 5.78 Å². The van der Waals surface area contributed by atoms with E-state index in [1.54, 1.807) is 0 Å². The molecular weight excluding hydrogens is 136 g/mol. The molecule has 3 aliphatic rings. The third kappa shape index (κ3) is 0.463. The Kier molecular flexibility index (Phi) is 0.869. The molecule has 0 N–H and O–H groups in total. The van der Waals surface area contributed by atoms with E-state index in [4.69, 9.17) is 0 Å². The molecule has 0 aromatic rings. The van der Waals surface area contributed by atoms with Gasteiger partial charge in [0.1, 0.15) is 0 Å². The van der Waals surface area contributed by atoms with Crippen LogP contribution in [0.2, 0.25) is 0 Å². The number of carbonyl (C=O) groups excluding carboxylic acids is 1. The summed E-state index contributed by atoms with van der Waals surface area (Å²) in [5.74, 6) is 1.83. The molecule has 0 unspecified atom stereocenters. The Balaban J connectivity index is 2.09. The van der Waals surface area contributed by atoms with Gasteiger partial charge in [-0.25, -0.2) is 0 Å². The molecule has 3 rings (SSSR count). The van der Waals surface area contributed by atoms with Crippen LogP contribution in [0.4, 0.5) is 0 Å². The second-order valence-electron chi connectivity index (χ2n) is 4.18. The second-order valence-corrected chi connectivity index (χ2v) is 4.18. The summed E-state index contributed by atoms with van der Waals surface area (Å²) in [6, 6.07) is 0. The Morgan fingerprint density at radius 3 is 2.91 bits per heavy atom. The minimum absolute atomic E-state index is 0.153. The maximum atomic E-state index is 11.6. The molecule has 0 saturated heterocycles. The van der Waals surface area contributed by atoms with Crippen molar-refractivity contribution in [3.8, 4) is 0 Å². The molecular formula is C10H12O. The van der Waals surface area contributed by atoms with Crippen molar-refractivity contribution in [1.82, 2.24) is 0 Å². The molecule has 3 aliphatic carbocycles. The summed E-state index contributed by atoms with van der Waals surface area (Å²) >= 11 is 0. The average molecular weight is 148 g/mol. The molecule has 3 atom stereocenters. The van der Waals surface area contributed by atoms with Crippen LogP contribution in [0.3, 0.4) is 0 Å². The SMILES string of the molecule is O=C1C=C[C@@H]2CC[C@H]3CC[C@]132. The predicted molar refractivity (Wildman–Crippen MR) is 42.0 cm³/mol. The standard InChI is InChI=1S/C10H12O/c11-9-4-3-7-1-2-8-5-6-10(7,8)9/h3-4,7-8H,1-2,5-6H2/t7-,8-,10+/m0/s1. The van der Waals surface area contributed by atoms with Crippen LogP contribution in [0.15, 0.2) is 12.2 Å². The first-order valence-corrected chi connectivity index (χ1v) is 4.57. The molecule has 0 bridgehead atoms. The molecule has 2 saturated carbocycles. The van der Waals surface area contributed by atoms with E-state index in [-0.39, 0.29) is 5.41 Å². The highest BCUT2D eigenvalue weighted by atomic mass is 16.1. The maximum Gasteiger partial charge on any atom is 0.162 e. The second kappa shape index (κ2) is 1.60. The summed E-state index contributed by atoms with van der Waals surface area (Å²) in [4.78, 5) is 11.6. The van der Waals surface area contributed by atoms with Gasteiger partial charge in [-0.1, -0.05) is 6.08 Å². The van der Waals surface area contributed by atoms with Crippen LogP contribution < -0.4 is 0 Å². The lowest BCUT2D eigenvalue weighted by atomic mass is 9.58. The molecule has 58 valence electrons. The third-order valence-electron chi connectivity index (χ3n) is 4.06. The molecule has 0 amide bonds. The normalized spacial score (nSPS) is 52.2. The van der Waals surface area contributed by atoms with E-state index >= 15 is 0 Å². The number of hydrogen-bond acceptors (Lipinski definition) is 1. The summed E-state index contributed by atoms with van der Waals surface area (Å²) in [7, 11) is 0. The van der Waals surface area contributed by atoms with Gasteiger partial charge < -0.3 is 0 Å². The van der Waals surface area contributed by atoms with Crippen molar-refractivity contribution in [1.29, 1.82) is 0 Å². The highest BCUT2D eigenvalue weighted by Crippen LogP contribution is 2.63. The Labute approximate surface area is 66.5 Å². The number of carbonyl (C=O) groups is 1. The topological polar surface area (TPSA) is 17.1 Å². The van der Waals surface area contributed by atoms with Crippen LogP contribution in [0, 0.1) is 17.3 Å². The average Bonchev–Trinajstić information content (AvgIpc) is 2.38. The maximum absolute atomic E-state index is 11.6. The lowest BCUT2D eigenvalue weighted by molar-refractivity contribution is -0.132. The van der Waals surface area contributed by atoms with Crippen LogP contribution in [-0.4, -0.2) is 5.78 Å². The van der Waals surface area contributed by atoms with Crippen LogP contribution in [0.1, 0.15) is 25.7 Å². The molecule has 2 fully saturated rings. The zero-order chi connectivity index (χ0) is 7.47. The van der Waals surface area contributed by atoms with Gasteiger partial charge >= 0.3 is 0 Å². The van der Waals surface area contributed by atoms with Crippen LogP contribution >= 0.6 is 0 Å². The van der Waals surface area contributed by atoms with Gasteiger partial charge in [0.2, 0.25) is 0 Å². The smallest absolute Gasteiger partial charge is 0.162 e. The van der Waals surface area contributed by atoms with Crippen molar-refractivity contribution in [2.24, 2.45) is 17.3 Å². The Bertz CT molecular complexity index is 254. The van der Waals surface area contributed by atoms with E-state index in [0.717, 1.165) is 5.92 Å². The summed E-state index contributed by atoms with van der Waals surface area (Å²) < 4.78 is 0. The number of hydrogen-bond donors (Lipinski definition) is 0. The summed E-state index contributed by atoms with van der Waals surface area (Å²) in [5.41, 5.74) is 0.153. The number of rotatable bonds is 0. The first kappa shape index (κ1) is 5.99. The van der Waals surface area contributed by atoms with E-state index in [1.807, 2.05) is 6.08 Å². The van der Waals surface area contributed by atoms with Gasteiger partial charge in [0.15, 0.2) is 5.78 Å². The van der Waals surface area contributed by atoms with E-state index in [2.05, 4.69) is 6.08 Å². The molecule has 1 nitrogen and oxygen atoms in total.